The Labute approximate surface area is 214 Å². The Balaban J connectivity index is 1.46. The van der Waals surface area contributed by atoms with Crippen LogP contribution in [0.5, 0.6) is 0 Å². The van der Waals surface area contributed by atoms with E-state index in [1.807, 2.05) is 58.3 Å². The molecule has 4 aromatic rings. The lowest BCUT2D eigenvalue weighted by Gasteiger charge is -2.29. The van der Waals surface area contributed by atoms with Crippen molar-refractivity contribution in [3.8, 4) is 16.9 Å². The summed E-state index contributed by atoms with van der Waals surface area (Å²) in [6.07, 6.45) is 9.63. The lowest BCUT2D eigenvalue weighted by Crippen LogP contribution is -2.39. The fourth-order valence-electron chi connectivity index (χ4n) is 5.12. The van der Waals surface area contributed by atoms with Gasteiger partial charge in [0.15, 0.2) is 0 Å². The van der Waals surface area contributed by atoms with Gasteiger partial charge in [0.1, 0.15) is 10.0 Å². The van der Waals surface area contributed by atoms with Gasteiger partial charge in [0.2, 0.25) is 0 Å². The summed E-state index contributed by atoms with van der Waals surface area (Å²) in [5.41, 5.74) is 3.79. The lowest BCUT2D eigenvalue weighted by atomic mass is 9.94. The second-order valence-corrected chi connectivity index (χ2v) is 10.8. The summed E-state index contributed by atoms with van der Waals surface area (Å²) >= 11 is 7.08. The maximum absolute atomic E-state index is 13.5. The van der Waals surface area contributed by atoms with Gasteiger partial charge in [0.05, 0.1) is 10.6 Å². The third-order valence-electron chi connectivity index (χ3n) is 6.86. The van der Waals surface area contributed by atoms with Gasteiger partial charge in [-0.05, 0) is 41.8 Å². The maximum atomic E-state index is 13.5. The molecule has 0 unspecified atom stereocenters. The van der Waals surface area contributed by atoms with E-state index in [0.29, 0.717) is 9.23 Å². The van der Waals surface area contributed by atoms with Crippen LogP contribution in [0.25, 0.3) is 33.8 Å². The van der Waals surface area contributed by atoms with Crippen molar-refractivity contribution in [3.05, 3.63) is 89.5 Å². The molecule has 1 aliphatic carbocycles. The first kappa shape index (κ1) is 22.3. The van der Waals surface area contributed by atoms with Crippen molar-refractivity contribution in [3.63, 3.8) is 0 Å². The Hall–Kier alpha value is -3.22. The molecule has 0 spiro atoms. The Morgan fingerprint density at radius 1 is 0.914 bits per heavy atom. The standard InChI is InChI=1S/C29H25N3OS2/c33-28-26(35-29(34)32(28)23-14-5-2-6-15-23)18-21-19-31(22-12-3-1-4-13-22)30-27(21)25-17-9-11-20-10-7-8-16-24(20)25/h1,3-4,7-13,16-19,23H,2,5-6,14-15H2. The molecule has 1 amide bonds. The van der Waals surface area contributed by atoms with E-state index >= 15 is 0 Å². The van der Waals surface area contributed by atoms with E-state index in [4.69, 9.17) is 17.3 Å². The van der Waals surface area contributed by atoms with Crippen molar-refractivity contribution in [2.75, 3.05) is 0 Å². The van der Waals surface area contributed by atoms with E-state index in [0.717, 1.165) is 59.0 Å². The van der Waals surface area contributed by atoms with Gasteiger partial charge >= 0.3 is 0 Å². The van der Waals surface area contributed by atoms with Crippen molar-refractivity contribution in [1.82, 2.24) is 14.7 Å². The van der Waals surface area contributed by atoms with E-state index in [-0.39, 0.29) is 11.9 Å². The number of thioether (sulfide) groups is 1. The topological polar surface area (TPSA) is 38.1 Å². The van der Waals surface area contributed by atoms with Gasteiger partial charge in [-0.1, -0.05) is 104 Å². The third-order valence-corrected chi connectivity index (χ3v) is 8.19. The number of carbonyl (C=O) groups excluding carboxylic acids is 1. The number of fused-ring (bicyclic) bond motifs is 1. The minimum atomic E-state index is 0.0308. The fourth-order valence-corrected chi connectivity index (χ4v) is 6.51. The van der Waals surface area contributed by atoms with E-state index in [1.54, 1.807) is 0 Å². The van der Waals surface area contributed by atoms with Crippen LogP contribution in [-0.4, -0.2) is 30.9 Å². The molecule has 0 bridgehead atoms. The minimum Gasteiger partial charge on any atom is -0.290 e. The Morgan fingerprint density at radius 3 is 2.49 bits per heavy atom. The number of amides is 1. The van der Waals surface area contributed by atoms with Crippen molar-refractivity contribution in [2.24, 2.45) is 0 Å². The van der Waals surface area contributed by atoms with Gasteiger partial charge < -0.3 is 0 Å². The molecular formula is C29H25N3OS2. The third kappa shape index (κ3) is 4.21. The van der Waals surface area contributed by atoms with Crippen LogP contribution >= 0.6 is 24.0 Å². The highest BCUT2D eigenvalue weighted by atomic mass is 32.2. The summed E-state index contributed by atoms with van der Waals surface area (Å²) in [5, 5.41) is 7.30. The number of aromatic nitrogens is 2. The maximum Gasteiger partial charge on any atom is 0.266 e. The van der Waals surface area contributed by atoms with Crippen molar-refractivity contribution < 1.29 is 4.79 Å². The molecule has 2 heterocycles. The summed E-state index contributed by atoms with van der Waals surface area (Å²) in [6, 6.07) is 24.9. The normalized spacial score (nSPS) is 18.2. The molecule has 2 aliphatic rings. The molecule has 35 heavy (non-hydrogen) atoms. The van der Waals surface area contributed by atoms with Crippen LogP contribution in [0, 0.1) is 0 Å². The van der Waals surface area contributed by atoms with Gasteiger partial charge in [-0.3, -0.25) is 9.69 Å². The second-order valence-electron chi connectivity index (χ2n) is 9.08. The van der Waals surface area contributed by atoms with Crippen LogP contribution < -0.4 is 0 Å². The van der Waals surface area contributed by atoms with Crippen molar-refractivity contribution >= 4 is 51.1 Å². The number of hydrogen-bond acceptors (Lipinski definition) is 4. The summed E-state index contributed by atoms with van der Waals surface area (Å²) in [5.74, 6) is 0.0308. The summed E-state index contributed by atoms with van der Waals surface area (Å²) < 4.78 is 2.57. The Bertz CT molecular complexity index is 1450. The number of nitrogens with zero attached hydrogens (tertiary/aromatic N) is 3. The minimum absolute atomic E-state index is 0.0308. The first-order valence-electron chi connectivity index (χ1n) is 12.1. The SMILES string of the molecule is O=C1C(=Cc2cn(-c3ccccc3)nc2-c2cccc3ccccc23)SC(=S)N1C1CCCCC1. The summed E-state index contributed by atoms with van der Waals surface area (Å²) in [7, 11) is 0. The number of rotatable bonds is 4. The highest BCUT2D eigenvalue weighted by Crippen LogP contribution is 2.39. The first-order valence-corrected chi connectivity index (χ1v) is 13.3. The molecule has 0 N–H and O–H groups in total. The predicted molar refractivity (Wildman–Crippen MR) is 148 cm³/mol. The number of carbonyl (C=O) groups is 1. The zero-order chi connectivity index (χ0) is 23.8. The molecule has 6 rings (SSSR count). The average Bonchev–Trinajstić information content (AvgIpc) is 3.45. The Kier molecular flexibility index (Phi) is 6.00. The molecule has 0 atom stereocenters. The van der Waals surface area contributed by atoms with E-state index < -0.39 is 0 Å². The van der Waals surface area contributed by atoms with Crippen LogP contribution in [-0.2, 0) is 4.79 Å². The molecule has 1 aliphatic heterocycles. The molecular weight excluding hydrogens is 470 g/mol. The van der Waals surface area contributed by atoms with Gasteiger partial charge in [0.25, 0.3) is 5.91 Å². The molecule has 2 fully saturated rings. The Morgan fingerprint density at radius 2 is 1.66 bits per heavy atom. The molecule has 1 aromatic heterocycles. The van der Waals surface area contributed by atoms with Gasteiger partial charge in [-0.15, -0.1) is 0 Å². The average molecular weight is 496 g/mol. The zero-order valence-corrected chi connectivity index (χ0v) is 20.9. The number of hydrogen-bond donors (Lipinski definition) is 0. The molecule has 174 valence electrons. The quantitative estimate of drug-likeness (QED) is 0.221. The fraction of sp³-hybridized carbons (Fsp3) is 0.207. The molecule has 1 saturated heterocycles. The molecule has 1 saturated carbocycles. The van der Waals surface area contributed by atoms with Crippen LogP contribution in [0.2, 0.25) is 0 Å². The van der Waals surface area contributed by atoms with Gasteiger partial charge in [-0.25, -0.2) is 4.68 Å². The number of benzene rings is 3. The first-order chi connectivity index (χ1) is 17.2. The highest BCUT2D eigenvalue weighted by molar-refractivity contribution is 8.26. The van der Waals surface area contributed by atoms with Gasteiger partial charge in [0, 0.05) is 23.4 Å². The predicted octanol–water partition coefficient (Wildman–Crippen LogP) is 7.23. The largest absolute Gasteiger partial charge is 0.290 e. The van der Waals surface area contributed by atoms with Crippen LogP contribution in [0.1, 0.15) is 37.7 Å². The molecule has 6 heteroatoms. The lowest BCUT2D eigenvalue weighted by molar-refractivity contribution is -0.124. The number of para-hydroxylation sites is 1. The van der Waals surface area contributed by atoms with E-state index in [2.05, 4.69) is 36.4 Å². The van der Waals surface area contributed by atoms with Crippen LogP contribution in [0.4, 0.5) is 0 Å². The monoisotopic (exact) mass is 495 g/mol. The van der Waals surface area contributed by atoms with E-state index in [9.17, 15) is 4.79 Å². The van der Waals surface area contributed by atoms with Crippen molar-refractivity contribution in [1.29, 1.82) is 0 Å². The molecule has 4 nitrogen and oxygen atoms in total. The smallest absolute Gasteiger partial charge is 0.266 e. The van der Waals surface area contributed by atoms with E-state index in [1.165, 1.54) is 18.2 Å². The summed E-state index contributed by atoms with van der Waals surface area (Å²) in [4.78, 5) is 16.0. The molecule has 3 aromatic carbocycles. The highest BCUT2D eigenvalue weighted by Gasteiger charge is 2.37. The molecule has 0 radical (unpaired) electrons. The van der Waals surface area contributed by atoms with Gasteiger partial charge in [-0.2, -0.15) is 5.10 Å². The number of thiocarbonyl (C=S) groups is 1. The van der Waals surface area contributed by atoms with Crippen LogP contribution in [0.3, 0.4) is 0 Å². The summed E-state index contributed by atoms with van der Waals surface area (Å²) in [6.45, 7) is 0. The van der Waals surface area contributed by atoms with Crippen molar-refractivity contribution in [2.45, 2.75) is 38.1 Å². The zero-order valence-electron chi connectivity index (χ0n) is 19.3. The van der Waals surface area contributed by atoms with Crippen LogP contribution in [0.15, 0.2) is 83.9 Å². The second kappa shape index (κ2) is 9.44.